The van der Waals surface area contributed by atoms with Crippen molar-refractivity contribution in [3.63, 3.8) is 0 Å². The van der Waals surface area contributed by atoms with Crippen molar-refractivity contribution in [2.45, 2.75) is 19.8 Å². The third-order valence-corrected chi connectivity index (χ3v) is 1.85. The minimum atomic E-state index is 0.0352. The SMILES string of the molecule is C=C(C)CCC(=O)c1ccc(N)cn1. The van der Waals surface area contributed by atoms with Crippen LogP contribution in [0.3, 0.4) is 0 Å². The van der Waals surface area contributed by atoms with Crippen LogP contribution in [0.2, 0.25) is 0 Å². The number of nitrogen functional groups attached to an aromatic ring is 1. The first-order valence-electron chi connectivity index (χ1n) is 4.48. The molecular formula is C11H14N2O. The normalized spacial score (nSPS) is 9.79. The number of carbonyl (C=O) groups is 1. The largest absolute Gasteiger partial charge is 0.397 e. The number of pyridine rings is 1. The van der Waals surface area contributed by atoms with Gasteiger partial charge in [-0.05, 0) is 25.5 Å². The number of allylic oxidation sites excluding steroid dienone is 1. The highest BCUT2D eigenvalue weighted by Gasteiger charge is 2.06. The van der Waals surface area contributed by atoms with Gasteiger partial charge in [-0.25, -0.2) is 0 Å². The highest BCUT2D eigenvalue weighted by Crippen LogP contribution is 2.08. The van der Waals surface area contributed by atoms with Crippen LogP contribution in [0.5, 0.6) is 0 Å². The van der Waals surface area contributed by atoms with Gasteiger partial charge < -0.3 is 5.73 Å². The van der Waals surface area contributed by atoms with Crippen LogP contribution in [-0.2, 0) is 0 Å². The molecule has 1 aromatic rings. The summed E-state index contributed by atoms with van der Waals surface area (Å²) in [6, 6.07) is 3.33. The monoisotopic (exact) mass is 190 g/mol. The summed E-state index contributed by atoms with van der Waals surface area (Å²) >= 11 is 0. The summed E-state index contributed by atoms with van der Waals surface area (Å²) in [4.78, 5) is 15.5. The molecule has 3 nitrogen and oxygen atoms in total. The van der Waals surface area contributed by atoms with E-state index in [4.69, 9.17) is 5.73 Å². The van der Waals surface area contributed by atoms with E-state index in [0.29, 0.717) is 24.2 Å². The topological polar surface area (TPSA) is 56.0 Å². The van der Waals surface area contributed by atoms with Gasteiger partial charge in [-0.2, -0.15) is 0 Å². The highest BCUT2D eigenvalue weighted by molar-refractivity contribution is 5.94. The molecule has 0 fully saturated rings. The van der Waals surface area contributed by atoms with Crippen LogP contribution in [0.1, 0.15) is 30.3 Å². The third-order valence-electron chi connectivity index (χ3n) is 1.85. The predicted octanol–water partition coefficient (Wildman–Crippen LogP) is 2.20. The molecule has 0 aliphatic heterocycles. The molecule has 0 unspecified atom stereocenters. The van der Waals surface area contributed by atoms with Crippen LogP contribution >= 0.6 is 0 Å². The summed E-state index contributed by atoms with van der Waals surface area (Å²) in [5.41, 5.74) is 7.51. The van der Waals surface area contributed by atoms with Crippen molar-refractivity contribution >= 4 is 11.5 Å². The lowest BCUT2D eigenvalue weighted by Gasteiger charge is -2.00. The van der Waals surface area contributed by atoms with Crippen LogP contribution in [0.4, 0.5) is 5.69 Å². The van der Waals surface area contributed by atoms with Gasteiger partial charge in [0.15, 0.2) is 5.78 Å². The van der Waals surface area contributed by atoms with E-state index in [1.807, 2.05) is 6.92 Å². The van der Waals surface area contributed by atoms with Gasteiger partial charge in [0.05, 0.1) is 11.9 Å². The Morgan fingerprint density at radius 2 is 2.21 bits per heavy atom. The minimum Gasteiger partial charge on any atom is -0.397 e. The minimum absolute atomic E-state index is 0.0352. The molecule has 0 amide bonds. The van der Waals surface area contributed by atoms with Crippen molar-refractivity contribution in [1.82, 2.24) is 4.98 Å². The Hall–Kier alpha value is -1.64. The van der Waals surface area contributed by atoms with Gasteiger partial charge in [-0.3, -0.25) is 9.78 Å². The molecule has 0 atom stereocenters. The number of hydrogen-bond acceptors (Lipinski definition) is 3. The number of nitrogens with two attached hydrogens (primary N) is 1. The van der Waals surface area contributed by atoms with Gasteiger partial charge in [0, 0.05) is 6.42 Å². The third kappa shape index (κ3) is 3.01. The molecule has 14 heavy (non-hydrogen) atoms. The lowest BCUT2D eigenvalue weighted by atomic mass is 10.1. The number of Topliss-reactive ketones (excluding diaryl/α,β-unsaturated/α-hetero) is 1. The fraction of sp³-hybridized carbons (Fsp3) is 0.273. The molecule has 2 N–H and O–H groups in total. The standard InChI is InChI=1S/C11H14N2O/c1-8(2)3-6-11(14)10-5-4-9(12)7-13-10/h4-5,7H,1,3,6,12H2,2H3. The smallest absolute Gasteiger partial charge is 0.181 e. The van der Waals surface area contributed by atoms with Crippen molar-refractivity contribution in [3.05, 3.63) is 36.2 Å². The predicted molar refractivity (Wildman–Crippen MR) is 57.0 cm³/mol. The molecule has 0 spiro atoms. The Bertz CT molecular complexity index is 341. The molecule has 0 saturated heterocycles. The van der Waals surface area contributed by atoms with Crippen LogP contribution in [-0.4, -0.2) is 10.8 Å². The number of hydrogen-bond donors (Lipinski definition) is 1. The Balaban J connectivity index is 2.61. The van der Waals surface area contributed by atoms with Crippen LogP contribution in [0, 0.1) is 0 Å². The summed E-state index contributed by atoms with van der Waals surface area (Å²) < 4.78 is 0. The summed E-state index contributed by atoms with van der Waals surface area (Å²) in [5, 5.41) is 0. The molecule has 3 heteroatoms. The van der Waals surface area contributed by atoms with E-state index in [1.54, 1.807) is 12.1 Å². The first-order chi connectivity index (χ1) is 6.59. The number of aromatic nitrogens is 1. The van der Waals surface area contributed by atoms with Gasteiger partial charge in [-0.15, -0.1) is 6.58 Å². The van der Waals surface area contributed by atoms with Crippen LogP contribution in [0.15, 0.2) is 30.5 Å². The first-order valence-corrected chi connectivity index (χ1v) is 4.48. The lowest BCUT2D eigenvalue weighted by molar-refractivity contribution is 0.0978. The molecule has 0 saturated carbocycles. The zero-order chi connectivity index (χ0) is 10.6. The van der Waals surface area contributed by atoms with Gasteiger partial charge >= 0.3 is 0 Å². The molecular weight excluding hydrogens is 176 g/mol. The Morgan fingerprint density at radius 3 is 2.71 bits per heavy atom. The molecule has 1 aromatic heterocycles. The second-order valence-corrected chi connectivity index (χ2v) is 3.36. The molecule has 1 rings (SSSR count). The fourth-order valence-electron chi connectivity index (χ4n) is 1.03. The van der Waals surface area contributed by atoms with E-state index in [0.717, 1.165) is 5.57 Å². The number of ketones is 1. The lowest BCUT2D eigenvalue weighted by Crippen LogP contribution is -2.02. The molecule has 0 aromatic carbocycles. The molecule has 1 heterocycles. The van der Waals surface area contributed by atoms with Gasteiger partial charge in [0.2, 0.25) is 0 Å². The van der Waals surface area contributed by atoms with E-state index in [9.17, 15) is 4.79 Å². The maximum Gasteiger partial charge on any atom is 0.181 e. The zero-order valence-corrected chi connectivity index (χ0v) is 8.29. The summed E-state index contributed by atoms with van der Waals surface area (Å²) in [7, 11) is 0. The van der Waals surface area contributed by atoms with Crippen LogP contribution < -0.4 is 5.73 Å². The Kier molecular flexibility index (Phi) is 3.40. The molecule has 0 bridgehead atoms. The maximum absolute atomic E-state index is 11.5. The summed E-state index contributed by atoms with van der Waals surface area (Å²) in [6.07, 6.45) is 2.67. The molecule has 0 aliphatic rings. The molecule has 0 radical (unpaired) electrons. The molecule has 0 aliphatic carbocycles. The summed E-state index contributed by atoms with van der Waals surface area (Å²) in [6.45, 7) is 5.65. The van der Waals surface area contributed by atoms with Crippen LogP contribution in [0.25, 0.3) is 0 Å². The Labute approximate surface area is 83.7 Å². The molecule has 74 valence electrons. The van der Waals surface area contributed by atoms with Crippen molar-refractivity contribution in [3.8, 4) is 0 Å². The van der Waals surface area contributed by atoms with Crippen molar-refractivity contribution in [2.75, 3.05) is 5.73 Å². The van der Waals surface area contributed by atoms with E-state index in [-0.39, 0.29) is 5.78 Å². The fourth-order valence-corrected chi connectivity index (χ4v) is 1.03. The zero-order valence-electron chi connectivity index (χ0n) is 8.29. The van der Waals surface area contributed by atoms with E-state index >= 15 is 0 Å². The Morgan fingerprint density at radius 1 is 1.50 bits per heavy atom. The quantitative estimate of drug-likeness (QED) is 0.585. The number of rotatable bonds is 4. The van der Waals surface area contributed by atoms with Gasteiger partial charge in [0.25, 0.3) is 0 Å². The second kappa shape index (κ2) is 4.56. The summed E-state index contributed by atoms with van der Waals surface area (Å²) in [5.74, 6) is 0.0352. The first kappa shape index (κ1) is 10.4. The highest BCUT2D eigenvalue weighted by atomic mass is 16.1. The number of carbonyl (C=O) groups excluding carboxylic acids is 1. The number of nitrogens with zero attached hydrogens (tertiary/aromatic N) is 1. The van der Waals surface area contributed by atoms with Crippen molar-refractivity contribution in [1.29, 1.82) is 0 Å². The average Bonchev–Trinajstić information content (AvgIpc) is 2.15. The van der Waals surface area contributed by atoms with E-state index < -0.39 is 0 Å². The van der Waals surface area contributed by atoms with E-state index in [1.165, 1.54) is 6.20 Å². The number of anilines is 1. The average molecular weight is 190 g/mol. The van der Waals surface area contributed by atoms with Gasteiger partial charge in [0.1, 0.15) is 5.69 Å². The maximum atomic E-state index is 11.5. The second-order valence-electron chi connectivity index (χ2n) is 3.36. The van der Waals surface area contributed by atoms with Crippen molar-refractivity contribution in [2.24, 2.45) is 0 Å². The van der Waals surface area contributed by atoms with Crippen molar-refractivity contribution < 1.29 is 4.79 Å². The van der Waals surface area contributed by atoms with E-state index in [2.05, 4.69) is 11.6 Å². The van der Waals surface area contributed by atoms with Gasteiger partial charge in [-0.1, -0.05) is 5.57 Å².